The molecule has 0 bridgehead atoms. The number of halogens is 1. The minimum Gasteiger partial charge on any atom is -0.381 e. The van der Waals surface area contributed by atoms with E-state index < -0.39 is 0 Å². The van der Waals surface area contributed by atoms with Crippen LogP contribution in [0.25, 0.3) is 0 Å². The molecule has 4 heteroatoms. The Morgan fingerprint density at radius 2 is 2.28 bits per heavy atom. The van der Waals surface area contributed by atoms with Gasteiger partial charge in [0.15, 0.2) is 0 Å². The smallest absolute Gasteiger partial charge is 0.228 e. The summed E-state index contributed by atoms with van der Waals surface area (Å²) in [4.78, 5) is 11.3. The summed E-state index contributed by atoms with van der Waals surface area (Å²) >= 11 is 6.24. The molecule has 0 radical (unpaired) electrons. The Morgan fingerprint density at radius 3 is 3.00 bits per heavy atom. The van der Waals surface area contributed by atoms with Crippen molar-refractivity contribution in [3.8, 4) is 0 Å². The van der Waals surface area contributed by atoms with Crippen molar-refractivity contribution >= 4 is 28.9 Å². The minimum atomic E-state index is 0.0456. The molecule has 1 fully saturated rings. The SMILES string of the molecule is CC(CC1CC1)Nc1cc2c(cc1Cl)NC(=O)C2. The predicted molar refractivity (Wildman–Crippen MR) is 74.2 cm³/mol. The molecule has 2 aliphatic rings. The molecule has 1 aliphatic heterocycles. The number of fused-ring (bicyclic) bond motifs is 1. The van der Waals surface area contributed by atoms with Crippen molar-refractivity contribution in [3.05, 3.63) is 22.7 Å². The van der Waals surface area contributed by atoms with Crippen LogP contribution in [0, 0.1) is 5.92 Å². The average molecular weight is 265 g/mol. The van der Waals surface area contributed by atoms with E-state index in [-0.39, 0.29) is 5.91 Å². The van der Waals surface area contributed by atoms with Crippen LogP contribution in [0.3, 0.4) is 0 Å². The van der Waals surface area contributed by atoms with Crippen molar-refractivity contribution in [1.29, 1.82) is 0 Å². The maximum atomic E-state index is 11.3. The number of carbonyl (C=O) groups is 1. The predicted octanol–water partition coefficient (Wildman–Crippen LogP) is 3.44. The van der Waals surface area contributed by atoms with Crippen LogP contribution in [0.4, 0.5) is 11.4 Å². The topological polar surface area (TPSA) is 41.1 Å². The number of nitrogens with one attached hydrogen (secondary N) is 2. The van der Waals surface area contributed by atoms with Crippen LogP contribution in [-0.4, -0.2) is 11.9 Å². The summed E-state index contributed by atoms with van der Waals surface area (Å²) in [7, 11) is 0. The number of carbonyl (C=O) groups excluding carboxylic acids is 1. The third kappa shape index (κ3) is 2.46. The fraction of sp³-hybridized carbons (Fsp3) is 0.500. The van der Waals surface area contributed by atoms with Crippen molar-refractivity contribution in [2.24, 2.45) is 5.92 Å². The van der Waals surface area contributed by atoms with Crippen LogP contribution in [0.2, 0.25) is 5.02 Å². The molecule has 1 aromatic rings. The lowest BCUT2D eigenvalue weighted by atomic mass is 10.1. The quantitative estimate of drug-likeness (QED) is 0.875. The summed E-state index contributed by atoms with van der Waals surface area (Å²) in [5.41, 5.74) is 2.83. The van der Waals surface area contributed by atoms with Gasteiger partial charge < -0.3 is 10.6 Å². The van der Waals surface area contributed by atoms with Gasteiger partial charge in [0.05, 0.1) is 17.1 Å². The van der Waals surface area contributed by atoms with E-state index in [0.717, 1.165) is 22.9 Å². The lowest BCUT2D eigenvalue weighted by Crippen LogP contribution is -2.16. The Labute approximate surface area is 112 Å². The molecular formula is C14H17ClN2O. The molecule has 1 aliphatic carbocycles. The zero-order valence-corrected chi connectivity index (χ0v) is 11.2. The minimum absolute atomic E-state index is 0.0456. The van der Waals surface area contributed by atoms with Gasteiger partial charge in [0.1, 0.15) is 0 Å². The molecule has 1 unspecified atom stereocenters. The van der Waals surface area contributed by atoms with E-state index in [9.17, 15) is 4.79 Å². The van der Waals surface area contributed by atoms with Gasteiger partial charge in [0, 0.05) is 11.7 Å². The van der Waals surface area contributed by atoms with Crippen LogP contribution < -0.4 is 10.6 Å². The Balaban J connectivity index is 1.75. The molecule has 3 nitrogen and oxygen atoms in total. The van der Waals surface area contributed by atoms with Gasteiger partial charge in [0.2, 0.25) is 5.91 Å². The van der Waals surface area contributed by atoms with E-state index in [1.54, 1.807) is 0 Å². The second kappa shape index (κ2) is 4.47. The Kier molecular flexibility index (Phi) is 2.94. The molecule has 96 valence electrons. The second-order valence-corrected chi connectivity index (χ2v) is 5.85. The standard InChI is InChI=1S/C14H17ClN2O/c1-8(4-9-2-3-9)16-13-5-10-6-14(18)17-12(10)7-11(13)15/h5,7-9,16H,2-4,6H2,1H3,(H,17,18). The third-order valence-corrected chi connectivity index (χ3v) is 3.92. The molecule has 1 aromatic carbocycles. The Morgan fingerprint density at radius 1 is 1.50 bits per heavy atom. The molecule has 0 spiro atoms. The van der Waals surface area contributed by atoms with E-state index in [4.69, 9.17) is 11.6 Å². The van der Waals surface area contributed by atoms with E-state index in [0.29, 0.717) is 17.5 Å². The Bertz CT molecular complexity index is 497. The molecule has 0 aromatic heterocycles. The summed E-state index contributed by atoms with van der Waals surface area (Å²) in [6, 6.07) is 4.27. The number of amides is 1. The highest BCUT2D eigenvalue weighted by Gasteiger charge is 2.24. The largest absolute Gasteiger partial charge is 0.381 e. The van der Waals surface area contributed by atoms with Crippen LogP contribution in [-0.2, 0) is 11.2 Å². The zero-order chi connectivity index (χ0) is 12.7. The van der Waals surface area contributed by atoms with E-state index in [1.807, 2.05) is 12.1 Å². The maximum Gasteiger partial charge on any atom is 0.228 e. The monoisotopic (exact) mass is 264 g/mol. The molecule has 18 heavy (non-hydrogen) atoms. The maximum absolute atomic E-state index is 11.3. The van der Waals surface area contributed by atoms with Gasteiger partial charge in [-0.1, -0.05) is 24.4 Å². The first kappa shape index (κ1) is 11.8. The molecular weight excluding hydrogens is 248 g/mol. The molecule has 3 rings (SSSR count). The van der Waals surface area contributed by atoms with Crippen molar-refractivity contribution in [3.63, 3.8) is 0 Å². The van der Waals surface area contributed by atoms with Gasteiger partial charge in [-0.15, -0.1) is 0 Å². The fourth-order valence-corrected chi connectivity index (χ4v) is 2.75. The number of benzene rings is 1. The zero-order valence-electron chi connectivity index (χ0n) is 10.4. The first-order valence-corrected chi connectivity index (χ1v) is 6.88. The van der Waals surface area contributed by atoms with Gasteiger partial charge in [-0.3, -0.25) is 4.79 Å². The van der Waals surface area contributed by atoms with Gasteiger partial charge in [0.25, 0.3) is 0 Å². The number of hydrogen-bond acceptors (Lipinski definition) is 2. The average Bonchev–Trinajstić information content (AvgIpc) is 3.01. The van der Waals surface area contributed by atoms with Gasteiger partial charge in [-0.05, 0) is 37.0 Å². The first-order chi connectivity index (χ1) is 8.61. The highest BCUT2D eigenvalue weighted by Crippen LogP contribution is 2.36. The molecule has 0 saturated heterocycles. The van der Waals surface area contributed by atoms with Crippen LogP contribution >= 0.6 is 11.6 Å². The van der Waals surface area contributed by atoms with Crippen molar-refractivity contribution in [1.82, 2.24) is 0 Å². The van der Waals surface area contributed by atoms with Gasteiger partial charge >= 0.3 is 0 Å². The normalized spacial score (nSPS) is 19.3. The molecule has 1 amide bonds. The number of anilines is 2. The van der Waals surface area contributed by atoms with Gasteiger partial charge in [-0.2, -0.15) is 0 Å². The van der Waals surface area contributed by atoms with Crippen LogP contribution in [0.5, 0.6) is 0 Å². The summed E-state index contributed by atoms with van der Waals surface area (Å²) in [6.07, 6.45) is 4.38. The lowest BCUT2D eigenvalue weighted by molar-refractivity contribution is -0.115. The van der Waals surface area contributed by atoms with Crippen molar-refractivity contribution in [2.75, 3.05) is 10.6 Å². The summed E-state index contributed by atoms with van der Waals surface area (Å²) < 4.78 is 0. The van der Waals surface area contributed by atoms with E-state index in [1.165, 1.54) is 19.3 Å². The van der Waals surface area contributed by atoms with Crippen molar-refractivity contribution < 1.29 is 4.79 Å². The lowest BCUT2D eigenvalue weighted by Gasteiger charge is -2.17. The van der Waals surface area contributed by atoms with E-state index >= 15 is 0 Å². The summed E-state index contributed by atoms with van der Waals surface area (Å²) in [6.45, 7) is 2.19. The van der Waals surface area contributed by atoms with Crippen molar-refractivity contribution in [2.45, 2.75) is 38.6 Å². The fourth-order valence-electron chi connectivity index (χ4n) is 2.54. The summed E-state index contributed by atoms with van der Waals surface area (Å²) in [5.74, 6) is 0.938. The highest BCUT2D eigenvalue weighted by molar-refractivity contribution is 6.33. The van der Waals surface area contributed by atoms with Crippen LogP contribution in [0.1, 0.15) is 31.7 Å². The first-order valence-electron chi connectivity index (χ1n) is 6.50. The highest BCUT2D eigenvalue weighted by atomic mass is 35.5. The molecule has 1 heterocycles. The number of rotatable bonds is 4. The number of hydrogen-bond donors (Lipinski definition) is 2. The van der Waals surface area contributed by atoms with E-state index in [2.05, 4.69) is 17.6 Å². The molecule has 1 atom stereocenters. The summed E-state index contributed by atoms with van der Waals surface area (Å²) in [5, 5.41) is 6.94. The third-order valence-electron chi connectivity index (χ3n) is 3.60. The van der Waals surface area contributed by atoms with Gasteiger partial charge in [-0.25, -0.2) is 0 Å². The second-order valence-electron chi connectivity index (χ2n) is 5.44. The molecule has 1 saturated carbocycles. The van der Waals surface area contributed by atoms with Crippen LogP contribution in [0.15, 0.2) is 12.1 Å². The molecule has 2 N–H and O–H groups in total. The Hall–Kier alpha value is -1.22.